The number of ketones is 1. The Labute approximate surface area is 174 Å². The highest BCUT2D eigenvalue weighted by Crippen LogP contribution is 2.52. The lowest BCUT2D eigenvalue weighted by molar-refractivity contribution is -0.118. The summed E-state index contributed by atoms with van der Waals surface area (Å²) in [5, 5.41) is 3.54. The molecule has 1 heterocycles. The maximum Gasteiger partial charge on any atom is 0.162 e. The highest BCUT2D eigenvalue weighted by atomic mass is 79.9. The fourth-order valence-corrected chi connectivity index (χ4v) is 4.63. The Hall–Kier alpha value is -2.27. The minimum Gasteiger partial charge on any atom is -0.497 e. The molecule has 1 aliphatic carbocycles. The number of methoxy groups -OCH3 is 2. The van der Waals surface area contributed by atoms with Gasteiger partial charge in [-0.15, -0.1) is 0 Å². The number of halogens is 1. The van der Waals surface area contributed by atoms with E-state index in [0.29, 0.717) is 6.42 Å². The molecule has 2 aromatic carbocycles. The van der Waals surface area contributed by atoms with Crippen LogP contribution in [-0.4, -0.2) is 20.0 Å². The van der Waals surface area contributed by atoms with Crippen LogP contribution in [0.25, 0.3) is 0 Å². The molecule has 0 aromatic heterocycles. The number of hydrogen-bond acceptors (Lipinski definition) is 4. The van der Waals surface area contributed by atoms with Gasteiger partial charge in [-0.2, -0.15) is 0 Å². The van der Waals surface area contributed by atoms with Crippen LogP contribution in [0, 0.1) is 5.41 Å². The molecule has 146 valence electrons. The summed E-state index contributed by atoms with van der Waals surface area (Å²) < 4.78 is 12.2. The fourth-order valence-electron chi connectivity index (χ4n) is 4.37. The first-order valence-electron chi connectivity index (χ1n) is 9.37. The van der Waals surface area contributed by atoms with Gasteiger partial charge in [-0.1, -0.05) is 41.9 Å². The van der Waals surface area contributed by atoms with Crippen molar-refractivity contribution in [2.24, 2.45) is 5.41 Å². The molecule has 0 amide bonds. The Morgan fingerprint density at radius 3 is 2.43 bits per heavy atom. The largest absolute Gasteiger partial charge is 0.497 e. The van der Waals surface area contributed by atoms with Gasteiger partial charge < -0.3 is 14.8 Å². The highest BCUT2D eigenvalue weighted by molar-refractivity contribution is 9.10. The van der Waals surface area contributed by atoms with Gasteiger partial charge in [-0.05, 0) is 29.5 Å². The number of benzene rings is 2. The maximum absolute atomic E-state index is 13.3. The molecule has 4 rings (SSSR count). The third-order valence-electron chi connectivity index (χ3n) is 5.56. The average Bonchev–Trinajstić information content (AvgIpc) is 2.65. The zero-order chi connectivity index (χ0) is 20.1. The lowest BCUT2D eigenvalue weighted by Gasteiger charge is -2.40. The van der Waals surface area contributed by atoms with Crippen molar-refractivity contribution in [3.63, 3.8) is 0 Å². The number of fused-ring (bicyclic) bond motifs is 1. The molecule has 2 aliphatic rings. The van der Waals surface area contributed by atoms with Crippen LogP contribution < -0.4 is 14.8 Å². The SMILES string of the molecule is COc1cc2c(c(OC)c1)C(c1ccc(Br)cc1)C1=C(CC(C)(C)CC1=O)N2. The monoisotopic (exact) mass is 441 g/mol. The van der Waals surface area contributed by atoms with E-state index in [0.717, 1.165) is 50.5 Å². The number of ether oxygens (including phenoxy) is 2. The summed E-state index contributed by atoms with van der Waals surface area (Å²) in [6.45, 7) is 4.29. The third kappa shape index (κ3) is 3.22. The van der Waals surface area contributed by atoms with Crippen LogP contribution in [0.5, 0.6) is 11.5 Å². The van der Waals surface area contributed by atoms with Gasteiger partial charge in [-0.3, -0.25) is 4.79 Å². The van der Waals surface area contributed by atoms with E-state index in [4.69, 9.17) is 9.47 Å². The van der Waals surface area contributed by atoms with E-state index in [2.05, 4.69) is 47.2 Å². The van der Waals surface area contributed by atoms with Crippen molar-refractivity contribution in [3.8, 4) is 11.5 Å². The molecule has 0 saturated carbocycles. The van der Waals surface area contributed by atoms with Gasteiger partial charge >= 0.3 is 0 Å². The van der Waals surface area contributed by atoms with Gasteiger partial charge in [0.05, 0.1) is 14.2 Å². The van der Waals surface area contributed by atoms with Crippen LogP contribution in [0.15, 0.2) is 52.1 Å². The minimum absolute atomic E-state index is 0.0619. The summed E-state index contributed by atoms with van der Waals surface area (Å²) >= 11 is 3.51. The van der Waals surface area contributed by atoms with Crippen LogP contribution in [0.3, 0.4) is 0 Å². The van der Waals surface area contributed by atoms with Crippen molar-refractivity contribution < 1.29 is 14.3 Å². The van der Waals surface area contributed by atoms with Gasteiger partial charge in [0.25, 0.3) is 0 Å². The van der Waals surface area contributed by atoms with Gasteiger partial charge in [0.2, 0.25) is 0 Å². The normalized spacial score (nSPS) is 20.2. The van der Waals surface area contributed by atoms with Crippen LogP contribution in [0.4, 0.5) is 5.69 Å². The third-order valence-corrected chi connectivity index (χ3v) is 6.09. The lowest BCUT2D eigenvalue weighted by atomic mass is 9.68. The fraction of sp³-hybridized carbons (Fsp3) is 0.348. The van der Waals surface area contributed by atoms with Gasteiger partial charge in [-0.25, -0.2) is 0 Å². The number of rotatable bonds is 3. The van der Waals surface area contributed by atoms with Crippen molar-refractivity contribution in [1.29, 1.82) is 0 Å². The van der Waals surface area contributed by atoms with Crippen LogP contribution in [0.2, 0.25) is 0 Å². The zero-order valence-corrected chi connectivity index (χ0v) is 18.1. The number of allylic oxidation sites excluding steroid dienone is 2. The Bertz CT molecular complexity index is 976. The summed E-state index contributed by atoms with van der Waals surface area (Å²) in [6.07, 6.45) is 1.38. The van der Waals surface area contributed by atoms with E-state index in [1.807, 2.05) is 24.3 Å². The van der Waals surface area contributed by atoms with Crippen molar-refractivity contribution >= 4 is 27.4 Å². The summed E-state index contributed by atoms with van der Waals surface area (Å²) in [4.78, 5) is 13.3. The second kappa shape index (κ2) is 6.96. The number of carbonyl (C=O) groups excluding carboxylic acids is 1. The molecule has 1 aliphatic heterocycles. The summed E-state index contributed by atoms with van der Waals surface area (Å²) in [7, 11) is 3.30. The van der Waals surface area contributed by atoms with E-state index < -0.39 is 0 Å². The van der Waals surface area contributed by atoms with E-state index in [1.54, 1.807) is 14.2 Å². The second-order valence-electron chi connectivity index (χ2n) is 8.23. The van der Waals surface area contributed by atoms with Gasteiger partial charge in [0, 0.05) is 51.5 Å². The van der Waals surface area contributed by atoms with Crippen molar-refractivity contribution in [2.75, 3.05) is 19.5 Å². The molecule has 0 spiro atoms. The van der Waals surface area contributed by atoms with E-state index in [1.165, 1.54) is 0 Å². The maximum atomic E-state index is 13.3. The molecule has 5 heteroatoms. The lowest BCUT2D eigenvalue weighted by Crippen LogP contribution is -2.34. The Morgan fingerprint density at radius 2 is 1.79 bits per heavy atom. The Balaban J connectivity index is 1.98. The molecule has 1 atom stereocenters. The smallest absolute Gasteiger partial charge is 0.162 e. The quantitative estimate of drug-likeness (QED) is 0.666. The van der Waals surface area contributed by atoms with Crippen LogP contribution in [-0.2, 0) is 4.79 Å². The number of hydrogen-bond donors (Lipinski definition) is 1. The molecule has 4 nitrogen and oxygen atoms in total. The molecular formula is C23H24BrNO3. The first-order valence-corrected chi connectivity index (χ1v) is 10.2. The predicted molar refractivity (Wildman–Crippen MR) is 114 cm³/mol. The van der Waals surface area contributed by atoms with Gasteiger partial charge in [0.1, 0.15) is 11.5 Å². The van der Waals surface area contributed by atoms with Gasteiger partial charge in [0.15, 0.2) is 5.78 Å². The first-order chi connectivity index (χ1) is 13.3. The standard InChI is InChI=1S/C23H24BrNO3/c1-23(2)11-17-21(18(26)12-23)20(13-5-7-14(24)8-6-13)22-16(25-17)9-15(27-3)10-19(22)28-4/h5-10,20,25H,11-12H2,1-4H3. The number of anilines is 1. The predicted octanol–water partition coefficient (Wildman–Crippen LogP) is 5.67. The number of nitrogens with one attached hydrogen (secondary N) is 1. The van der Waals surface area contributed by atoms with E-state index in [9.17, 15) is 4.79 Å². The first kappa shape index (κ1) is 19.1. The summed E-state index contributed by atoms with van der Waals surface area (Å²) in [5.74, 6) is 1.49. The van der Waals surface area contributed by atoms with E-state index >= 15 is 0 Å². The van der Waals surface area contributed by atoms with E-state index in [-0.39, 0.29) is 17.1 Å². The van der Waals surface area contributed by atoms with Crippen molar-refractivity contribution in [3.05, 3.63) is 63.3 Å². The molecule has 28 heavy (non-hydrogen) atoms. The highest BCUT2D eigenvalue weighted by Gasteiger charge is 2.42. The topological polar surface area (TPSA) is 47.6 Å². The molecule has 1 N–H and O–H groups in total. The van der Waals surface area contributed by atoms with Crippen molar-refractivity contribution in [2.45, 2.75) is 32.6 Å². The molecule has 1 unspecified atom stereocenters. The number of carbonyl (C=O) groups is 1. The molecule has 0 saturated heterocycles. The second-order valence-corrected chi connectivity index (χ2v) is 9.15. The van der Waals surface area contributed by atoms with Crippen molar-refractivity contribution in [1.82, 2.24) is 0 Å². The zero-order valence-electron chi connectivity index (χ0n) is 16.6. The average molecular weight is 442 g/mol. The summed E-state index contributed by atoms with van der Waals surface area (Å²) in [5.41, 5.74) is 4.81. The van der Waals surface area contributed by atoms with Crippen LogP contribution >= 0.6 is 15.9 Å². The van der Waals surface area contributed by atoms with Crippen LogP contribution in [0.1, 0.15) is 43.7 Å². The molecule has 0 bridgehead atoms. The molecule has 0 radical (unpaired) electrons. The molecule has 0 fully saturated rings. The Morgan fingerprint density at radius 1 is 1.07 bits per heavy atom. The minimum atomic E-state index is -0.163. The number of Topliss-reactive ketones (excluding diaryl/α,β-unsaturated/α-hetero) is 1. The molecule has 2 aromatic rings. The Kier molecular flexibility index (Phi) is 4.74. The summed E-state index contributed by atoms with van der Waals surface area (Å²) in [6, 6.07) is 12.1. The molecular weight excluding hydrogens is 418 g/mol.